The van der Waals surface area contributed by atoms with E-state index in [1.807, 2.05) is 74.6 Å². The molecule has 248 valence electrons. The van der Waals surface area contributed by atoms with Crippen molar-refractivity contribution in [2.75, 3.05) is 0 Å². The fourth-order valence-electron chi connectivity index (χ4n) is 5.53. The van der Waals surface area contributed by atoms with Gasteiger partial charge in [-0.15, -0.1) is 0 Å². The SMILES string of the molecule is CCc1cccc(-c2cn(S(=O)Cc3ccccc3)c3ncc(C#N)cc23)c1.Cc1ccc(Cn2cccc(C(=O)C(C)C)c2=O)cc1C. The van der Waals surface area contributed by atoms with Crippen LogP contribution in [0.4, 0.5) is 0 Å². The molecule has 0 fully saturated rings. The third kappa shape index (κ3) is 8.19. The minimum atomic E-state index is -1.31. The van der Waals surface area contributed by atoms with Gasteiger partial charge in [-0.25, -0.2) is 13.2 Å². The Morgan fingerprint density at radius 2 is 1.65 bits per heavy atom. The van der Waals surface area contributed by atoms with E-state index in [4.69, 9.17) is 0 Å². The van der Waals surface area contributed by atoms with E-state index >= 15 is 0 Å². The molecule has 1 unspecified atom stereocenters. The quantitative estimate of drug-likeness (QED) is 0.145. The Labute approximate surface area is 290 Å². The maximum atomic E-state index is 13.1. The topological polar surface area (TPSA) is 97.8 Å². The van der Waals surface area contributed by atoms with Gasteiger partial charge in [0.25, 0.3) is 5.56 Å². The highest BCUT2D eigenvalue weighted by atomic mass is 32.2. The van der Waals surface area contributed by atoms with Crippen molar-refractivity contribution in [3.8, 4) is 17.2 Å². The van der Waals surface area contributed by atoms with E-state index < -0.39 is 11.0 Å². The van der Waals surface area contributed by atoms with Crippen molar-refractivity contribution in [2.24, 2.45) is 5.92 Å². The van der Waals surface area contributed by atoms with Gasteiger partial charge in [0.1, 0.15) is 17.1 Å². The zero-order valence-corrected chi connectivity index (χ0v) is 29.3. The molecule has 0 spiro atoms. The van der Waals surface area contributed by atoms with Gasteiger partial charge in [-0.2, -0.15) is 5.26 Å². The summed E-state index contributed by atoms with van der Waals surface area (Å²) in [5.41, 5.74) is 8.90. The summed E-state index contributed by atoms with van der Waals surface area (Å²) in [5, 5.41) is 10.1. The molecule has 0 saturated carbocycles. The summed E-state index contributed by atoms with van der Waals surface area (Å²) in [6.07, 6.45) is 6.10. The number of ketones is 1. The molecular weight excluding hydrogens is 629 g/mol. The fraction of sp³-hybridized carbons (Fsp3) is 0.220. The van der Waals surface area contributed by atoms with Crippen LogP contribution in [-0.2, 0) is 29.7 Å². The maximum Gasteiger partial charge on any atom is 0.261 e. The number of hydrogen-bond donors (Lipinski definition) is 0. The van der Waals surface area contributed by atoms with Crippen molar-refractivity contribution in [3.05, 3.63) is 159 Å². The summed E-state index contributed by atoms with van der Waals surface area (Å²) in [6.45, 7) is 10.3. The zero-order valence-electron chi connectivity index (χ0n) is 28.5. The zero-order chi connectivity index (χ0) is 35.1. The molecule has 49 heavy (non-hydrogen) atoms. The number of pyridine rings is 2. The molecule has 0 bridgehead atoms. The van der Waals surface area contributed by atoms with Crippen LogP contribution in [0, 0.1) is 31.1 Å². The van der Waals surface area contributed by atoms with E-state index in [9.17, 15) is 19.1 Å². The lowest BCUT2D eigenvalue weighted by Gasteiger charge is -2.10. The fourth-order valence-corrected chi connectivity index (χ4v) is 6.71. The smallest absolute Gasteiger partial charge is 0.261 e. The molecule has 3 aromatic heterocycles. The minimum Gasteiger partial charge on any atom is -0.310 e. The number of aryl methyl sites for hydroxylation is 3. The van der Waals surface area contributed by atoms with E-state index in [1.165, 1.54) is 22.9 Å². The van der Waals surface area contributed by atoms with Crippen LogP contribution in [0.25, 0.3) is 22.2 Å². The Morgan fingerprint density at radius 1 is 0.898 bits per heavy atom. The van der Waals surface area contributed by atoms with Gasteiger partial charge in [-0.05, 0) is 71.8 Å². The Kier molecular flexibility index (Phi) is 11.2. The first-order valence-electron chi connectivity index (χ1n) is 16.3. The number of hydrogen-bond acceptors (Lipinski definition) is 5. The van der Waals surface area contributed by atoms with Crippen molar-refractivity contribution in [2.45, 2.75) is 53.3 Å². The first-order valence-corrected chi connectivity index (χ1v) is 17.6. The average Bonchev–Trinajstić information content (AvgIpc) is 3.50. The first-order chi connectivity index (χ1) is 23.6. The van der Waals surface area contributed by atoms with Gasteiger partial charge in [0.05, 0.1) is 23.4 Å². The Hall–Kier alpha value is -5.39. The van der Waals surface area contributed by atoms with Crippen molar-refractivity contribution in [3.63, 3.8) is 0 Å². The summed E-state index contributed by atoms with van der Waals surface area (Å²) in [4.78, 5) is 28.9. The molecule has 3 heterocycles. The first kappa shape index (κ1) is 34.9. The number of nitrogens with zero attached hydrogens (tertiary/aromatic N) is 4. The molecule has 6 rings (SSSR count). The van der Waals surface area contributed by atoms with E-state index in [1.54, 1.807) is 26.9 Å². The predicted molar refractivity (Wildman–Crippen MR) is 198 cm³/mol. The molecule has 0 aliphatic carbocycles. The molecule has 7 nitrogen and oxygen atoms in total. The van der Waals surface area contributed by atoms with Gasteiger partial charge in [0, 0.05) is 35.5 Å². The molecule has 0 radical (unpaired) electrons. The number of benzene rings is 3. The molecule has 3 aromatic carbocycles. The third-order valence-electron chi connectivity index (χ3n) is 8.47. The van der Waals surface area contributed by atoms with Gasteiger partial charge in [-0.3, -0.25) is 9.59 Å². The number of Topliss-reactive ketones (excluding diaryl/α,β-unsaturated/α-hetero) is 1. The van der Waals surface area contributed by atoms with Crippen molar-refractivity contribution in [1.82, 2.24) is 13.5 Å². The van der Waals surface area contributed by atoms with Crippen LogP contribution in [0.2, 0.25) is 0 Å². The summed E-state index contributed by atoms with van der Waals surface area (Å²) in [5.74, 6) is 0.130. The summed E-state index contributed by atoms with van der Waals surface area (Å²) in [7, 11) is -1.31. The number of aromatic nitrogens is 3. The molecule has 8 heteroatoms. The second-order valence-corrected chi connectivity index (χ2v) is 13.7. The lowest BCUT2D eigenvalue weighted by Crippen LogP contribution is -2.27. The molecular formula is C41H40N4O3S. The minimum absolute atomic E-state index is 0.102. The van der Waals surface area contributed by atoms with Crippen LogP contribution < -0.4 is 5.56 Å². The van der Waals surface area contributed by atoms with Crippen molar-refractivity contribution in [1.29, 1.82) is 5.26 Å². The van der Waals surface area contributed by atoms with Crippen LogP contribution in [0.1, 0.15) is 64.5 Å². The molecule has 0 N–H and O–H groups in total. The lowest BCUT2D eigenvalue weighted by molar-refractivity contribution is 0.0937. The second-order valence-electron chi connectivity index (χ2n) is 12.4. The number of nitriles is 1. The van der Waals surface area contributed by atoms with Crippen LogP contribution in [0.5, 0.6) is 0 Å². The molecule has 1 atom stereocenters. The summed E-state index contributed by atoms with van der Waals surface area (Å²) < 4.78 is 16.4. The van der Waals surface area contributed by atoms with Gasteiger partial charge in [-0.1, -0.05) is 93.6 Å². The molecule has 0 amide bonds. The average molecular weight is 669 g/mol. The number of fused-ring (bicyclic) bond motifs is 1. The Morgan fingerprint density at radius 3 is 2.35 bits per heavy atom. The number of carbonyl (C=O) groups excluding carboxylic acids is 1. The maximum absolute atomic E-state index is 13.1. The van der Waals surface area contributed by atoms with Crippen LogP contribution in [-0.4, -0.2) is 23.5 Å². The lowest BCUT2D eigenvalue weighted by atomic mass is 10.0. The normalized spacial score (nSPS) is 11.5. The number of rotatable bonds is 9. The predicted octanol–water partition coefficient (Wildman–Crippen LogP) is 8.20. The summed E-state index contributed by atoms with van der Waals surface area (Å²) in [6, 6.07) is 31.6. The van der Waals surface area contributed by atoms with Crippen molar-refractivity contribution < 1.29 is 9.00 Å². The highest BCUT2D eigenvalue weighted by Crippen LogP contribution is 2.32. The number of carbonyl (C=O) groups is 1. The summed E-state index contributed by atoms with van der Waals surface area (Å²) >= 11 is 0. The van der Waals surface area contributed by atoms with Crippen LogP contribution in [0.3, 0.4) is 0 Å². The standard InChI is InChI=1S/C23H19N3OS.C18H21NO2/c1-2-17-9-6-10-20(11-17)22-15-26(23-21(22)12-19(13-24)14-25-23)28(27)16-18-7-4-3-5-8-18;1-12(2)17(20)16-6-5-9-19(18(16)21)11-15-8-7-13(3)14(4)10-15/h3-12,14-15H,2,16H2,1H3;5-10,12H,11H2,1-4H3. The van der Waals surface area contributed by atoms with Gasteiger partial charge in [0.2, 0.25) is 0 Å². The highest BCUT2D eigenvalue weighted by Gasteiger charge is 2.17. The van der Waals surface area contributed by atoms with Gasteiger partial charge in [0.15, 0.2) is 11.4 Å². The largest absolute Gasteiger partial charge is 0.310 e. The van der Waals surface area contributed by atoms with E-state index in [-0.39, 0.29) is 22.8 Å². The third-order valence-corrected chi connectivity index (χ3v) is 9.77. The second kappa shape index (κ2) is 15.7. The van der Waals surface area contributed by atoms with Crippen molar-refractivity contribution >= 4 is 27.8 Å². The van der Waals surface area contributed by atoms with Gasteiger partial charge < -0.3 is 4.57 Å². The monoisotopic (exact) mass is 668 g/mol. The highest BCUT2D eigenvalue weighted by molar-refractivity contribution is 7.82. The molecule has 0 aliphatic heterocycles. The Bertz CT molecular complexity index is 2240. The Balaban J connectivity index is 0.000000200. The van der Waals surface area contributed by atoms with Crippen LogP contribution in [0.15, 0.2) is 114 Å². The van der Waals surface area contributed by atoms with E-state index in [2.05, 4.69) is 56.1 Å². The molecule has 0 aliphatic rings. The molecule has 6 aromatic rings. The van der Waals surface area contributed by atoms with E-state index in [0.717, 1.165) is 34.1 Å². The van der Waals surface area contributed by atoms with E-state index in [0.29, 0.717) is 23.5 Å². The molecule has 0 saturated heterocycles. The van der Waals surface area contributed by atoms with Gasteiger partial charge >= 0.3 is 0 Å². The van der Waals surface area contributed by atoms with Crippen LogP contribution >= 0.6 is 0 Å².